The summed E-state index contributed by atoms with van der Waals surface area (Å²) in [5, 5.41) is 0.192. The molecule has 0 spiro atoms. The lowest BCUT2D eigenvalue weighted by Gasteiger charge is -2.21. The molecule has 1 fully saturated rings. The van der Waals surface area contributed by atoms with Crippen molar-refractivity contribution in [1.82, 2.24) is 9.88 Å². The van der Waals surface area contributed by atoms with Gasteiger partial charge in [0.15, 0.2) is 0 Å². The van der Waals surface area contributed by atoms with E-state index in [9.17, 15) is 18.0 Å². The summed E-state index contributed by atoms with van der Waals surface area (Å²) in [6.07, 6.45) is 4.01. The number of anilines is 1. The minimum Gasteiger partial charge on any atom is -0.341 e. The molecule has 154 valence electrons. The number of aromatic nitrogens is 1. The van der Waals surface area contributed by atoms with E-state index in [1.165, 1.54) is 23.1 Å². The molecule has 1 aliphatic heterocycles. The molecule has 0 N–H and O–H groups in total. The summed E-state index contributed by atoms with van der Waals surface area (Å²) in [5.74, 6) is -1.16. The van der Waals surface area contributed by atoms with Crippen LogP contribution in [0.3, 0.4) is 0 Å². The second kappa shape index (κ2) is 7.76. The number of likely N-dealkylation sites (N-methyl/N-ethyl adjacent to an activating group) is 1. The van der Waals surface area contributed by atoms with Gasteiger partial charge in [-0.25, -0.2) is 12.7 Å². The standard InChI is InChI=1S/C20H22ClN3O4S/c1-20(2)13-29(27,28)24(19(20)26)15-4-5-17(21)16(12-15)18(25)23(3)11-8-14-6-9-22-10-7-14/h4-7,9-10,12H,8,11,13H2,1-3H3. The van der Waals surface area contributed by atoms with Gasteiger partial charge in [0.2, 0.25) is 15.9 Å². The number of pyridine rings is 1. The summed E-state index contributed by atoms with van der Waals surface area (Å²) in [7, 11) is -2.16. The first-order chi connectivity index (χ1) is 13.5. The SMILES string of the molecule is CN(CCc1ccncc1)C(=O)c1cc(N2C(=O)C(C)(C)CS2(=O)=O)ccc1Cl. The van der Waals surface area contributed by atoms with Gasteiger partial charge in [-0.2, -0.15) is 0 Å². The molecule has 3 rings (SSSR count). The quantitative estimate of drug-likeness (QED) is 0.720. The number of benzene rings is 1. The molecular formula is C20H22ClN3O4S. The molecule has 7 nitrogen and oxygen atoms in total. The van der Waals surface area contributed by atoms with E-state index in [0.29, 0.717) is 13.0 Å². The maximum atomic E-state index is 12.9. The van der Waals surface area contributed by atoms with Crippen LogP contribution < -0.4 is 4.31 Å². The molecule has 29 heavy (non-hydrogen) atoms. The number of sulfonamides is 1. The van der Waals surface area contributed by atoms with Gasteiger partial charge in [-0.1, -0.05) is 11.6 Å². The Morgan fingerprint density at radius 2 is 1.90 bits per heavy atom. The van der Waals surface area contributed by atoms with Crippen LogP contribution in [0.15, 0.2) is 42.7 Å². The van der Waals surface area contributed by atoms with Gasteiger partial charge in [0.25, 0.3) is 5.91 Å². The third kappa shape index (κ3) is 4.28. The van der Waals surface area contributed by atoms with E-state index in [4.69, 9.17) is 11.6 Å². The van der Waals surface area contributed by atoms with Crippen LogP contribution in [0.4, 0.5) is 5.69 Å². The van der Waals surface area contributed by atoms with E-state index in [0.717, 1.165) is 9.87 Å². The van der Waals surface area contributed by atoms with Crippen molar-refractivity contribution < 1.29 is 18.0 Å². The molecule has 2 amide bonds. The van der Waals surface area contributed by atoms with Gasteiger partial charge >= 0.3 is 0 Å². The molecule has 0 radical (unpaired) electrons. The van der Waals surface area contributed by atoms with Crippen LogP contribution >= 0.6 is 11.6 Å². The van der Waals surface area contributed by atoms with Crippen molar-refractivity contribution in [2.75, 3.05) is 23.7 Å². The van der Waals surface area contributed by atoms with Gasteiger partial charge in [-0.05, 0) is 56.2 Å². The summed E-state index contributed by atoms with van der Waals surface area (Å²) in [4.78, 5) is 31.0. The van der Waals surface area contributed by atoms with Crippen molar-refractivity contribution in [2.45, 2.75) is 20.3 Å². The number of hydrogen-bond donors (Lipinski definition) is 0. The van der Waals surface area contributed by atoms with Crippen LogP contribution in [0.25, 0.3) is 0 Å². The van der Waals surface area contributed by atoms with E-state index >= 15 is 0 Å². The Kier molecular flexibility index (Phi) is 5.69. The molecule has 0 atom stereocenters. The zero-order valence-electron chi connectivity index (χ0n) is 16.4. The Morgan fingerprint density at radius 1 is 1.24 bits per heavy atom. The number of carbonyl (C=O) groups is 2. The molecule has 0 unspecified atom stereocenters. The fraction of sp³-hybridized carbons (Fsp3) is 0.350. The van der Waals surface area contributed by atoms with Crippen molar-refractivity contribution in [2.24, 2.45) is 5.41 Å². The van der Waals surface area contributed by atoms with Gasteiger partial charge in [0.1, 0.15) is 0 Å². The van der Waals surface area contributed by atoms with Crippen molar-refractivity contribution in [3.63, 3.8) is 0 Å². The summed E-state index contributed by atoms with van der Waals surface area (Å²) >= 11 is 6.21. The Bertz CT molecular complexity index is 1050. The van der Waals surface area contributed by atoms with Crippen LogP contribution in [0.5, 0.6) is 0 Å². The second-order valence-electron chi connectivity index (χ2n) is 7.71. The van der Waals surface area contributed by atoms with E-state index in [1.807, 2.05) is 12.1 Å². The number of rotatable bonds is 5. The highest BCUT2D eigenvalue weighted by molar-refractivity contribution is 7.94. The minimum atomic E-state index is -3.81. The van der Waals surface area contributed by atoms with Crippen LogP contribution in [-0.4, -0.2) is 49.5 Å². The molecule has 1 aromatic carbocycles. The molecule has 2 aromatic rings. The lowest BCUT2D eigenvalue weighted by Crippen LogP contribution is -2.33. The van der Waals surface area contributed by atoms with Crippen molar-refractivity contribution in [3.05, 3.63) is 58.9 Å². The molecule has 0 saturated carbocycles. The number of halogens is 1. The minimum absolute atomic E-state index is 0.121. The third-order valence-corrected chi connectivity index (χ3v) is 7.18. The average molecular weight is 436 g/mol. The van der Waals surface area contributed by atoms with Gasteiger partial charge < -0.3 is 4.90 Å². The normalized spacial score (nSPS) is 17.4. The second-order valence-corrected chi connectivity index (χ2v) is 9.93. The number of nitrogens with zero attached hydrogens (tertiary/aromatic N) is 3. The number of amides is 2. The highest BCUT2D eigenvalue weighted by Crippen LogP contribution is 2.37. The van der Waals surface area contributed by atoms with Gasteiger partial charge in [-0.3, -0.25) is 14.6 Å². The van der Waals surface area contributed by atoms with E-state index in [1.54, 1.807) is 33.3 Å². The van der Waals surface area contributed by atoms with Crippen LogP contribution in [-0.2, 0) is 21.2 Å². The zero-order valence-corrected chi connectivity index (χ0v) is 18.0. The summed E-state index contributed by atoms with van der Waals surface area (Å²) in [5.41, 5.74) is 0.282. The maximum Gasteiger partial charge on any atom is 0.255 e. The fourth-order valence-electron chi connectivity index (χ4n) is 3.22. The first kappa shape index (κ1) is 21.3. The first-order valence-electron chi connectivity index (χ1n) is 9.04. The molecule has 0 aliphatic carbocycles. The third-order valence-electron chi connectivity index (χ3n) is 4.83. The topological polar surface area (TPSA) is 87.7 Å². The first-order valence-corrected chi connectivity index (χ1v) is 11.0. The fourth-order valence-corrected chi connectivity index (χ4v) is 5.52. The van der Waals surface area contributed by atoms with E-state index in [-0.39, 0.29) is 27.9 Å². The van der Waals surface area contributed by atoms with Crippen LogP contribution in [0.1, 0.15) is 29.8 Å². The van der Waals surface area contributed by atoms with E-state index < -0.39 is 21.3 Å². The highest BCUT2D eigenvalue weighted by atomic mass is 35.5. The average Bonchev–Trinajstić information content (AvgIpc) is 2.83. The maximum absolute atomic E-state index is 12.9. The number of carbonyl (C=O) groups excluding carboxylic acids is 2. The van der Waals surface area contributed by atoms with Crippen molar-refractivity contribution in [3.8, 4) is 0 Å². The Labute approximate surface area is 175 Å². The largest absolute Gasteiger partial charge is 0.341 e. The Hall–Kier alpha value is -2.45. The molecular weight excluding hydrogens is 414 g/mol. The molecule has 1 saturated heterocycles. The summed E-state index contributed by atoms with van der Waals surface area (Å²) < 4.78 is 25.8. The van der Waals surface area contributed by atoms with Gasteiger partial charge in [0.05, 0.1) is 27.4 Å². The Morgan fingerprint density at radius 3 is 2.48 bits per heavy atom. The smallest absolute Gasteiger partial charge is 0.255 e. The molecule has 9 heteroatoms. The van der Waals surface area contributed by atoms with Gasteiger partial charge in [-0.15, -0.1) is 0 Å². The molecule has 1 aliphatic rings. The monoisotopic (exact) mass is 435 g/mol. The van der Waals surface area contributed by atoms with Gasteiger partial charge in [0, 0.05) is 26.0 Å². The number of hydrogen-bond acceptors (Lipinski definition) is 5. The van der Waals surface area contributed by atoms with Crippen LogP contribution in [0, 0.1) is 5.41 Å². The lowest BCUT2D eigenvalue weighted by molar-refractivity contribution is -0.123. The van der Waals surface area contributed by atoms with E-state index in [2.05, 4.69) is 4.98 Å². The van der Waals surface area contributed by atoms with Crippen molar-refractivity contribution >= 4 is 39.1 Å². The van der Waals surface area contributed by atoms with Crippen molar-refractivity contribution in [1.29, 1.82) is 0 Å². The zero-order chi connectivity index (χ0) is 21.4. The molecule has 2 heterocycles. The highest BCUT2D eigenvalue weighted by Gasteiger charge is 2.50. The Balaban J connectivity index is 1.85. The predicted molar refractivity (Wildman–Crippen MR) is 111 cm³/mol. The molecule has 1 aromatic heterocycles. The summed E-state index contributed by atoms with van der Waals surface area (Å²) in [6.45, 7) is 3.61. The lowest BCUT2D eigenvalue weighted by atomic mass is 9.95. The predicted octanol–water partition coefficient (Wildman–Crippen LogP) is 2.75. The van der Waals surface area contributed by atoms with Crippen LogP contribution in [0.2, 0.25) is 5.02 Å². The summed E-state index contributed by atoms with van der Waals surface area (Å²) in [6, 6.07) is 7.99. The molecule has 0 bridgehead atoms.